The highest BCUT2D eigenvalue weighted by molar-refractivity contribution is 5.35. The Morgan fingerprint density at radius 2 is 1.63 bits per heavy atom. The molecule has 1 saturated heterocycles. The third kappa shape index (κ3) is 8.15. The van der Waals surface area contributed by atoms with Crippen LogP contribution in [0.15, 0.2) is 42.5 Å². The van der Waals surface area contributed by atoms with Crippen molar-refractivity contribution in [2.75, 3.05) is 46.9 Å². The minimum atomic E-state index is -5.05. The van der Waals surface area contributed by atoms with Gasteiger partial charge in [-0.1, -0.05) is 24.0 Å². The van der Waals surface area contributed by atoms with Gasteiger partial charge in [0.05, 0.1) is 43.5 Å². The number of rotatable bonds is 7. The molecule has 5 nitrogen and oxygen atoms in total. The molecular formula is C26H27F7N2O3. The molecule has 0 radical (unpaired) electrons. The Kier molecular flexibility index (Phi) is 9.78. The van der Waals surface area contributed by atoms with Crippen LogP contribution in [0.3, 0.4) is 0 Å². The quantitative estimate of drug-likeness (QED) is 0.395. The first-order valence-electron chi connectivity index (χ1n) is 11.6. The Hall–Kier alpha value is -2.69. The van der Waals surface area contributed by atoms with E-state index in [1.165, 1.54) is 24.3 Å². The van der Waals surface area contributed by atoms with Crippen molar-refractivity contribution in [3.05, 3.63) is 70.5 Å². The van der Waals surface area contributed by atoms with Crippen molar-refractivity contribution in [2.24, 2.45) is 0 Å². The van der Waals surface area contributed by atoms with Crippen molar-refractivity contribution in [1.82, 2.24) is 9.80 Å². The van der Waals surface area contributed by atoms with Crippen LogP contribution in [-0.4, -0.2) is 68.1 Å². The summed E-state index contributed by atoms with van der Waals surface area (Å²) in [6, 6.07) is 5.79. The van der Waals surface area contributed by atoms with E-state index in [0.717, 1.165) is 0 Å². The number of hydrogen-bond acceptors (Lipinski definition) is 5. The maximum Gasteiger partial charge on any atom is 0.416 e. The van der Waals surface area contributed by atoms with Crippen molar-refractivity contribution >= 4 is 0 Å². The van der Waals surface area contributed by atoms with E-state index in [2.05, 4.69) is 11.8 Å². The number of nitrogens with zero attached hydrogens (tertiary/aromatic N) is 2. The van der Waals surface area contributed by atoms with Crippen molar-refractivity contribution in [3.63, 3.8) is 0 Å². The minimum Gasteiger partial charge on any atom is -0.386 e. The molecule has 3 rings (SSSR count). The Morgan fingerprint density at radius 3 is 2.18 bits per heavy atom. The van der Waals surface area contributed by atoms with Gasteiger partial charge < -0.3 is 14.6 Å². The maximum absolute atomic E-state index is 13.6. The molecule has 2 aromatic rings. The van der Waals surface area contributed by atoms with Crippen LogP contribution >= 0.6 is 0 Å². The molecule has 0 amide bonds. The van der Waals surface area contributed by atoms with E-state index in [1.54, 1.807) is 0 Å². The summed E-state index contributed by atoms with van der Waals surface area (Å²) < 4.78 is 104. The second kappa shape index (κ2) is 12.4. The van der Waals surface area contributed by atoms with Gasteiger partial charge in [0.2, 0.25) is 0 Å². The summed E-state index contributed by atoms with van der Waals surface area (Å²) in [7, 11) is 3.73. The zero-order valence-corrected chi connectivity index (χ0v) is 20.6. The van der Waals surface area contributed by atoms with E-state index in [-0.39, 0.29) is 12.7 Å². The lowest BCUT2D eigenvalue weighted by Crippen LogP contribution is -2.47. The highest BCUT2D eigenvalue weighted by Gasteiger charge is 2.38. The summed E-state index contributed by atoms with van der Waals surface area (Å²) >= 11 is 0. The van der Waals surface area contributed by atoms with Gasteiger partial charge in [-0.25, -0.2) is 4.39 Å². The first-order valence-corrected chi connectivity index (χ1v) is 11.6. The smallest absolute Gasteiger partial charge is 0.386 e. The third-order valence-electron chi connectivity index (χ3n) is 5.74. The Labute approximate surface area is 215 Å². The van der Waals surface area contributed by atoms with E-state index < -0.39 is 59.9 Å². The predicted octanol–water partition coefficient (Wildman–Crippen LogP) is 4.88. The Bertz CT molecular complexity index is 1090. The van der Waals surface area contributed by atoms with Crippen molar-refractivity contribution < 1.29 is 45.3 Å². The van der Waals surface area contributed by atoms with Gasteiger partial charge in [-0.15, -0.1) is 0 Å². The summed E-state index contributed by atoms with van der Waals surface area (Å²) in [6.07, 6.45) is -13.0. The number of morpholine rings is 1. The lowest BCUT2D eigenvalue weighted by atomic mass is 10.0. The van der Waals surface area contributed by atoms with Gasteiger partial charge in [0.15, 0.2) is 6.29 Å². The molecule has 1 fully saturated rings. The van der Waals surface area contributed by atoms with Crippen LogP contribution in [0.25, 0.3) is 0 Å². The molecule has 1 aliphatic heterocycles. The topological polar surface area (TPSA) is 45.2 Å². The number of benzene rings is 2. The zero-order chi connectivity index (χ0) is 28.1. The van der Waals surface area contributed by atoms with Crippen molar-refractivity contribution in [1.29, 1.82) is 0 Å². The van der Waals surface area contributed by atoms with E-state index >= 15 is 0 Å². The molecule has 12 heteroatoms. The molecule has 3 atom stereocenters. The molecule has 0 bridgehead atoms. The number of aliphatic hydroxyl groups is 1. The second-order valence-corrected chi connectivity index (χ2v) is 8.99. The molecule has 0 spiro atoms. The van der Waals surface area contributed by atoms with E-state index in [1.807, 2.05) is 23.9 Å². The number of hydrogen-bond donors (Lipinski definition) is 1. The second-order valence-electron chi connectivity index (χ2n) is 8.99. The number of aliphatic hydroxyl groups excluding tert-OH is 1. The fraction of sp³-hybridized carbons (Fsp3) is 0.462. The molecule has 2 unspecified atom stereocenters. The van der Waals surface area contributed by atoms with Crippen molar-refractivity contribution in [3.8, 4) is 11.8 Å². The SMILES string of the molecule is CN(C)CC#CCN1CCOC(OC[C@H](O)c2cc(C(F)(F)F)cc(C(F)(F)F)c2)C1c1ccc(F)cc1. The summed E-state index contributed by atoms with van der Waals surface area (Å²) in [5.74, 6) is 5.57. The molecular weight excluding hydrogens is 521 g/mol. The number of halogens is 7. The summed E-state index contributed by atoms with van der Waals surface area (Å²) in [5.41, 5.74) is -3.09. The van der Waals surface area contributed by atoms with Gasteiger partial charge in [0.25, 0.3) is 0 Å². The average molecular weight is 548 g/mol. The van der Waals surface area contributed by atoms with Crippen LogP contribution in [0.5, 0.6) is 0 Å². The molecule has 208 valence electrons. The molecule has 1 N–H and O–H groups in total. The van der Waals surface area contributed by atoms with Gasteiger partial charge >= 0.3 is 12.4 Å². The maximum atomic E-state index is 13.6. The molecule has 38 heavy (non-hydrogen) atoms. The van der Waals surface area contributed by atoms with Gasteiger partial charge in [-0.2, -0.15) is 26.3 Å². The largest absolute Gasteiger partial charge is 0.416 e. The average Bonchev–Trinajstić information content (AvgIpc) is 2.84. The van der Waals surface area contributed by atoms with Gasteiger partial charge in [-0.05, 0) is 55.6 Å². The molecule has 1 aliphatic rings. The zero-order valence-electron chi connectivity index (χ0n) is 20.6. The van der Waals surface area contributed by atoms with Crippen LogP contribution in [0, 0.1) is 17.7 Å². The van der Waals surface area contributed by atoms with Gasteiger partial charge in [0, 0.05) is 6.54 Å². The van der Waals surface area contributed by atoms with Crippen LogP contribution < -0.4 is 0 Å². The van der Waals surface area contributed by atoms with Crippen molar-refractivity contribution in [2.45, 2.75) is 30.8 Å². The van der Waals surface area contributed by atoms with Crippen LogP contribution in [0.4, 0.5) is 30.7 Å². The van der Waals surface area contributed by atoms with Crippen LogP contribution in [0.1, 0.15) is 34.4 Å². The van der Waals surface area contributed by atoms with Crippen LogP contribution in [0.2, 0.25) is 0 Å². The van der Waals surface area contributed by atoms with E-state index in [0.29, 0.717) is 37.3 Å². The number of ether oxygens (including phenoxy) is 2. The molecule has 1 heterocycles. The molecule has 2 aromatic carbocycles. The summed E-state index contributed by atoms with van der Waals surface area (Å²) in [6.45, 7) is 0.791. The molecule has 0 aromatic heterocycles. The fourth-order valence-corrected chi connectivity index (χ4v) is 3.86. The van der Waals surface area contributed by atoms with E-state index in [9.17, 15) is 35.8 Å². The third-order valence-corrected chi connectivity index (χ3v) is 5.74. The Morgan fingerprint density at radius 1 is 1.03 bits per heavy atom. The van der Waals surface area contributed by atoms with Gasteiger partial charge in [-0.3, -0.25) is 9.80 Å². The Balaban J connectivity index is 1.83. The highest BCUT2D eigenvalue weighted by atomic mass is 19.4. The normalized spacial score (nSPS) is 19.8. The minimum absolute atomic E-state index is 0.0128. The number of alkyl halides is 6. The van der Waals surface area contributed by atoms with Gasteiger partial charge in [0.1, 0.15) is 11.9 Å². The monoisotopic (exact) mass is 548 g/mol. The first kappa shape index (κ1) is 29.9. The molecule has 0 saturated carbocycles. The fourth-order valence-electron chi connectivity index (χ4n) is 3.86. The standard InChI is InChI=1S/C26H27F7N2O3/c1-34(2)9-3-4-10-35-11-12-37-24(23(35)17-5-7-21(27)8-6-17)38-16-22(36)18-13-19(25(28,29)30)15-20(14-18)26(31,32)33/h5-8,13-15,22-24,36H,9-12,16H2,1-2H3/t22-,23?,24?/m0/s1. The molecule has 0 aliphatic carbocycles. The lowest BCUT2D eigenvalue weighted by molar-refractivity contribution is -0.218. The highest BCUT2D eigenvalue weighted by Crippen LogP contribution is 2.38. The summed E-state index contributed by atoms with van der Waals surface area (Å²) in [4.78, 5) is 3.79. The lowest BCUT2D eigenvalue weighted by Gasteiger charge is -2.40. The van der Waals surface area contributed by atoms with E-state index in [4.69, 9.17) is 9.47 Å². The first-order chi connectivity index (χ1) is 17.8. The predicted molar refractivity (Wildman–Crippen MR) is 124 cm³/mol. The summed E-state index contributed by atoms with van der Waals surface area (Å²) in [5, 5.41) is 10.5. The van der Waals surface area contributed by atoms with Crippen LogP contribution in [-0.2, 0) is 21.8 Å².